The zero-order valence-electron chi connectivity index (χ0n) is 12.6. The van der Waals surface area contributed by atoms with E-state index in [0.29, 0.717) is 36.2 Å². The van der Waals surface area contributed by atoms with Crippen molar-refractivity contribution in [3.8, 4) is 0 Å². The molecule has 23 heavy (non-hydrogen) atoms. The number of hydrogen-bond donors (Lipinski definition) is 1. The predicted molar refractivity (Wildman–Crippen MR) is 89.5 cm³/mol. The molecule has 0 radical (unpaired) electrons. The highest BCUT2D eigenvalue weighted by molar-refractivity contribution is 6.07. The van der Waals surface area contributed by atoms with E-state index >= 15 is 0 Å². The van der Waals surface area contributed by atoms with Gasteiger partial charge in [0.2, 0.25) is 0 Å². The fourth-order valence-corrected chi connectivity index (χ4v) is 3.23. The first-order valence-corrected chi connectivity index (χ1v) is 7.71. The molecule has 0 fully saturated rings. The van der Waals surface area contributed by atoms with Crippen LogP contribution in [-0.4, -0.2) is 22.3 Å². The number of nitrogens with one attached hydrogen (secondary N) is 1. The van der Waals surface area contributed by atoms with Gasteiger partial charge in [-0.25, -0.2) is 0 Å². The van der Waals surface area contributed by atoms with E-state index in [4.69, 9.17) is 0 Å². The van der Waals surface area contributed by atoms with Gasteiger partial charge in [0.05, 0.1) is 5.56 Å². The summed E-state index contributed by atoms with van der Waals surface area (Å²) < 4.78 is 0. The number of carbonyl (C=O) groups is 1. The minimum atomic E-state index is -0.147. The number of pyridine rings is 1. The van der Waals surface area contributed by atoms with Crippen molar-refractivity contribution in [1.29, 1.82) is 0 Å². The lowest BCUT2D eigenvalue weighted by Crippen LogP contribution is -2.40. The Bertz CT molecular complexity index is 944. The quantitative estimate of drug-likeness (QED) is 0.791. The number of aromatic amines is 1. The molecule has 1 aliphatic heterocycles. The summed E-state index contributed by atoms with van der Waals surface area (Å²) in [7, 11) is 0. The maximum atomic E-state index is 13.0. The number of carbonyl (C=O) groups excluding carboxylic acids is 1. The van der Waals surface area contributed by atoms with E-state index in [9.17, 15) is 9.59 Å². The first-order chi connectivity index (χ1) is 11.2. The van der Waals surface area contributed by atoms with Crippen LogP contribution >= 0.6 is 0 Å². The molecule has 4 nitrogen and oxygen atoms in total. The second-order valence-corrected chi connectivity index (χ2v) is 5.82. The highest BCUT2D eigenvalue weighted by atomic mass is 16.2. The van der Waals surface area contributed by atoms with Gasteiger partial charge in [-0.1, -0.05) is 48.5 Å². The van der Waals surface area contributed by atoms with Crippen molar-refractivity contribution in [1.82, 2.24) is 9.88 Å². The third-order valence-electron chi connectivity index (χ3n) is 4.37. The molecule has 0 spiro atoms. The lowest BCUT2D eigenvalue weighted by atomic mass is 9.96. The van der Waals surface area contributed by atoms with Crippen LogP contribution in [0.4, 0.5) is 0 Å². The van der Waals surface area contributed by atoms with Gasteiger partial charge in [0.25, 0.3) is 11.5 Å². The number of H-pyrrole nitrogens is 1. The van der Waals surface area contributed by atoms with E-state index < -0.39 is 0 Å². The minimum Gasteiger partial charge on any atom is -0.334 e. The van der Waals surface area contributed by atoms with Crippen molar-refractivity contribution < 1.29 is 4.79 Å². The summed E-state index contributed by atoms with van der Waals surface area (Å²) in [6.45, 7) is 1.14. The Morgan fingerprint density at radius 1 is 0.957 bits per heavy atom. The first kappa shape index (κ1) is 13.8. The topological polar surface area (TPSA) is 53.2 Å². The Balaban J connectivity index is 1.80. The second kappa shape index (κ2) is 5.39. The van der Waals surface area contributed by atoms with Gasteiger partial charge < -0.3 is 9.88 Å². The van der Waals surface area contributed by atoms with Crippen LogP contribution in [0.5, 0.6) is 0 Å². The maximum Gasteiger partial charge on any atom is 0.255 e. The van der Waals surface area contributed by atoms with E-state index in [1.807, 2.05) is 59.5 Å². The number of amides is 1. The predicted octanol–water partition coefficient (Wildman–Crippen LogP) is 2.73. The number of nitrogens with zero attached hydrogens (tertiary/aromatic N) is 1. The molecular formula is C19H16N2O2. The van der Waals surface area contributed by atoms with Crippen LogP contribution in [0.25, 0.3) is 10.9 Å². The number of fused-ring (bicyclic) bond motifs is 3. The molecule has 2 aromatic carbocycles. The van der Waals surface area contributed by atoms with Crippen LogP contribution in [0.3, 0.4) is 0 Å². The maximum absolute atomic E-state index is 13.0. The van der Waals surface area contributed by atoms with Gasteiger partial charge in [-0.05, 0) is 18.1 Å². The molecule has 1 amide bonds. The number of hydrogen-bond acceptors (Lipinski definition) is 2. The molecule has 0 atom stereocenters. The van der Waals surface area contributed by atoms with E-state index in [0.717, 1.165) is 10.9 Å². The zero-order valence-corrected chi connectivity index (χ0v) is 12.6. The summed E-state index contributed by atoms with van der Waals surface area (Å²) in [6.07, 6.45) is 0.591. The monoisotopic (exact) mass is 304 g/mol. The summed E-state index contributed by atoms with van der Waals surface area (Å²) >= 11 is 0. The van der Waals surface area contributed by atoms with Crippen LogP contribution in [0, 0.1) is 0 Å². The number of aromatic nitrogens is 1. The zero-order chi connectivity index (χ0) is 15.8. The molecule has 0 aliphatic carbocycles. The smallest absolute Gasteiger partial charge is 0.255 e. The average Bonchev–Trinajstić information content (AvgIpc) is 2.58. The van der Waals surface area contributed by atoms with Gasteiger partial charge in [0, 0.05) is 29.6 Å². The molecule has 0 saturated carbocycles. The van der Waals surface area contributed by atoms with Crippen molar-refractivity contribution in [2.45, 2.75) is 13.0 Å². The van der Waals surface area contributed by atoms with E-state index in [1.165, 1.54) is 0 Å². The Hall–Kier alpha value is -2.88. The van der Waals surface area contributed by atoms with Crippen molar-refractivity contribution >= 4 is 16.8 Å². The van der Waals surface area contributed by atoms with Gasteiger partial charge in [-0.3, -0.25) is 9.59 Å². The summed E-state index contributed by atoms with van der Waals surface area (Å²) in [5.74, 6) is -0.0580. The van der Waals surface area contributed by atoms with Gasteiger partial charge in [-0.2, -0.15) is 0 Å². The second-order valence-electron chi connectivity index (χ2n) is 5.82. The Labute approximate surface area is 133 Å². The molecule has 0 bridgehead atoms. The largest absolute Gasteiger partial charge is 0.334 e. The molecule has 1 N–H and O–H groups in total. The van der Waals surface area contributed by atoms with Crippen molar-refractivity contribution in [2.75, 3.05) is 6.54 Å². The summed E-state index contributed by atoms with van der Waals surface area (Å²) in [5, 5.41) is 0.824. The van der Waals surface area contributed by atoms with Crippen LogP contribution < -0.4 is 5.56 Å². The molecule has 0 saturated heterocycles. The third-order valence-corrected chi connectivity index (χ3v) is 4.37. The van der Waals surface area contributed by atoms with Gasteiger partial charge in [0.15, 0.2) is 0 Å². The lowest BCUT2D eigenvalue weighted by molar-refractivity contribution is 0.0728. The van der Waals surface area contributed by atoms with Crippen LogP contribution in [0.1, 0.15) is 21.5 Å². The Morgan fingerprint density at radius 2 is 1.70 bits per heavy atom. The molecule has 114 valence electrons. The van der Waals surface area contributed by atoms with Gasteiger partial charge >= 0.3 is 0 Å². The van der Waals surface area contributed by atoms with Gasteiger partial charge in [0.1, 0.15) is 0 Å². The number of para-hydroxylation sites is 1. The lowest BCUT2D eigenvalue weighted by Gasteiger charge is -2.29. The van der Waals surface area contributed by atoms with E-state index in [2.05, 4.69) is 4.98 Å². The SMILES string of the molecule is O=C1c2c(c(=O)[nH]c3ccccc23)CCN1Cc1ccccc1. The molecular weight excluding hydrogens is 288 g/mol. The summed E-state index contributed by atoms with van der Waals surface area (Å²) in [4.78, 5) is 29.9. The molecule has 0 unspecified atom stereocenters. The summed E-state index contributed by atoms with van der Waals surface area (Å²) in [6, 6.07) is 17.4. The fourth-order valence-electron chi connectivity index (χ4n) is 3.23. The normalized spacial score (nSPS) is 14.1. The molecule has 1 aliphatic rings. The van der Waals surface area contributed by atoms with E-state index in [-0.39, 0.29) is 11.5 Å². The average molecular weight is 304 g/mol. The van der Waals surface area contributed by atoms with Crippen molar-refractivity contribution in [2.24, 2.45) is 0 Å². The third kappa shape index (κ3) is 2.32. The van der Waals surface area contributed by atoms with Crippen LogP contribution in [-0.2, 0) is 13.0 Å². The number of rotatable bonds is 2. The van der Waals surface area contributed by atoms with E-state index in [1.54, 1.807) is 0 Å². The van der Waals surface area contributed by atoms with Crippen molar-refractivity contribution in [3.05, 3.63) is 81.6 Å². The number of benzene rings is 2. The highest BCUT2D eigenvalue weighted by Gasteiger charge is 2.28. The first-order valence-electron chi connectivity index (χ1n) is 7.71. The van der Waals surface area contributed by atoms with Crippen LogP contribution in [0.15, 0.2) is 59.4 Å². The summed E-state index contributed by atoms with van der Waals surface area (Å²) in [5.41, 5.74) is 2.83. The fraction of sp³-hybridized carbons (Fsp3) is 0.158. The van der Waals surface area contributed by atoms with Crippen molar-refractivity contribution in [3.63, 3.8) is 0 Å². The Kier molecular flexibility index (Phi) is 3.23. The standard InChI is InChI=1S/C19H16N2O2/c22-18-15-10-11-21(12-13-6-2-1-3-7-13)19(23)17(15)14-8-4-5-9-16(14)20-18/h1-9H,10-12H2,(H,20,22). The molecule has 1 aromatic heterocycles. The van der Waals surface area contributed by atoms with Gasteiger partial charge in [-0.15, -0.1) is 0 Å². The molecule has 4 rings (SSSR count). The minimum absolute atomic E-state index is 0.0580. The molecule has 4 heteroatoms. The van der Waals surface area contributed by atoms with Crippen LogP contribution in [0.2, 0.25) is 0 Å². The highest BCUT2D eigenvalue weighted by Crippen LogP contribution is 2.24. The molecule has 2 heterocycles. The molecule has 3 aromatic rings. The Morgan fingerprint density at radius 3 is 2.52 bits per heavy atom.